The van der Waals surface area contributed by atoms with Crippen LogP contribution in [-0.2, 0) is 14.8 Å². The van der Waals surface area contributed by atoms with E-state index < -0.39 is 10.0 Å². The maximum Gasteiger partial charge on any atom is 0.261 e. The molecular formula is C20H23BrN2O5S. The highest BCUT2D eigenvalue weighted by Gasteiger charge is 2.19. The molecule has 0 saturated carbocycles. The van der Waals surface area contributed by atoms with Crippen molar-refractivity contribution in [3.8, 4) is 5.75 Å². The number of hydrogen-bond acceptors (Lipinski definition) is 5. The summed E-state index contributed by atoms with van der Waals surface area (Å²) in [5, 5.41) is 2.84. The standard InChI is InChI=1S/C20H23BrN2O5S/c1-2-28-19-7-6-16(11-18(19)21)23-29(25,26)17-5-3-4-15(10-17)20(24)22-12-14-8-9-27-13-14/h3-7,10-11,14,23H,2,8-9,12-13H2,1H3,(H,22,24). The number of rotatable bonds is 8. The van der Waals surface area contributed by atoms with Crippen LogP contribution >= 0.6 is 15.9 Å². The quantitative estimate of drug-likeness (QED) is 0.601. The van der Waals surface area contributed by atoms with E-state index in [4.69, 9.17) is 9.47 Å². The molecular weight excluding hydrogens is 460 g/mol. The summed E-state index contributed by atoms with van der Waals surface area (Å²) >= 11 is 3.37. The first-order valence-electron chi connectivity index (χ1n) is 9.30. The summed E-state index contributed by atoms with van der Waals surface area (Å²) in [6, 6.07) is 10.9. The topological polar surface area (TPSA) is 93.7 Å². The summed E-state index contributed by atoms with van der Waals surface area (Å²) in [5.41, 5.74) is 0.677. The van der Waals surface area contributed by atoms with Gasteiger partial charge in [-0.25, -0.2) is 8.42 Å². The molecule has 0 aliphatic carbocycles. The van der Waals surface area contributed by atoms with Crippen molar-refractivity contribution < 1.29 is 22.7 Å². The Balaban J connectivity index is 1.71. The third-order valence-electron chi connectivity index (χ3n) is 4.47. The van der Waals surface area contributed by atoms with Crippen LogP contribution in [0.5, 0.6) is 5.75 Å². The van der Waals surface area contributed by atoms with Crippen LogP contribution in [0.3, 0.4) is 0 Å². The predicted molar refractivity (Wildman–Crippen MR) is 114 cm³/mol. The minimum atomic E-state index is -3.85. The number of nitrogens with one attached hydrogen (secondary N) is 2. The molecule has 29 heavy (non-hydrogen) atoms. The Morgan fingerprint density at radius 3 is 2.79 bits per heavy atom. The van der Waals surface area contributed by atoms with Gasteiger partial charge < -0.3 is 14.8 Å². The largest absolute Gasteiger partial charge is 0.493 e. The molecule has 1 atom stereocenters. The van der Waals surface area contributed by atoms with Crippen molar-refractivity contribution in [3.63, 3.8) is 0 Å². The maximum absolute atomic E-state index is 12.8. The highest BCUT2D eigenvalue weighted by molar-refractivity contribution is 9.10. The Morgan fingerprint density at radius 2 is 2.10 bits per heavy atom. The van der Waals surface area contributed by atoms with Crippen molar-refractivity contribution in [1.29, 1.82) is 0 Å². The zero-order valence-electron chi connectivity index (χ0n) is 16.0. The number of carbonyl (C=O) groups excluding carboxylic acids is 1. The van der Waals surface area contributed by atoms with E-state index in [9.17, 15) is 13.2 Å². The fraction of sp³-hybridized carbons (Fsp3) is 0.350. The van der Waals surface area contributed by atoms with Gasteiger partial charge in [-0.1, -0.05) is 6.07 Å². The van der Waals surface area contributed by atoms with E-state index >= 15 is 0 Å². The van der Waals surface area contributed by atoms with Gasteiger partial charge in [0.1, 0.15) is 5.75 Å². The van der Waals surface area contributed by atoms with Crippen LogP contribution in [0.1, 0.15) is 23.7 Å². The molecule has 2 aromatic carbocycles. The van der Waals surface area contributed by atoms with Crippen LogP contribution in [0, 0.1) is 5.92 Å². The molecule has 3 rings (SSSR count). The molecule has 9 heteroatoms. The van der Waals surface area contributed by atoms with Crippen LogP contribution in [0.2, 0.25) is 0 Å². The second-order valence-electron chi connectivity index (χ2n) is 6.65. The minimum absolute atomic E-state index is 0.0133. The lowest BCUT2D eigenvalue weighted by Gasteiger charge is -2.12. The van der Waals surface area contributed by atoms with Crippen molar-refractivity contribution >= 4 is 37.5 Å². The van der Waals surface area contributed by atoms with E-state index in [1.54, 1.807) is 30.3 Å². The van der Waals surface area contributed by atoms with Gasteiger partial charge in [0, 0.05) is 24.6 Å². The molecule has 1 unspecified atom stereocenters. The number of hydrogen-bond donors (Lipinski definition) is 2. The first-order valence-corrected chi connectivity index (χ1v) is 11.6. The lowest BCUT2D eigenvalue weighted by Crippen LogP contribution is -2.29. The van der Waals surface area contributed by atoms with E-state index in [0.29, 0.717) is 53.8 Å². The van der Waals surface area contributed by atoms with Crippen molar-refractivity contribution in [2.45, 2.75) is 18.2 Å². The second kappa shape index (κ2) is 9.60. The average molecular weight is 483 g/mol. The van der Waals surface area contributed by atoms with E-state index in [0.717, 1.165) is 6.42 Å². The molecule has 1 aliphatic rings. The van der Waals surface area contributed by atoms with Gasteiger partial charge in [0.25, 0.3) is 15.9 Å². The summed E-state index contributed by atoms with van der Waals surface area (Å²) in [7, 11) is -3.85. The molecule has 156 valence electrons. The lowest BCUT2D eigenvalue weighted by molar-refractivity contribution is 0.0944. The molecule has 7 nitrogen and oxygen atoms in total. The van der Waals surface area contributed by atoms with Gasteiger partial charge in [0.2, 0.25) is 0 Å². The van der Waals surface area contributed by atoms with Crippen molar-refractivity contribution in [2.24, 2.45) is 5.92 Å². The van der Waals surface area contributed by atoms with Crippen molar-refractivity contribution in [2.75, 3.05) is 31.1 Å². The monoisotopic (exact) mass is 482 g/mol. The van der Waals surface area contributed by atoms with Crippen molar-refractivity contribution in [3.05, 3.63) is 52.5 Å². The molecule has 2 aromatic rings. The third-order valence-corrected chi connectivity index (χ3v) is 6.46. The highest BCUT2D eigenvalue weighted by atomic mass is 79.9. The molecule has 1 aliphatic heterocycles. The van der Waals surface area contributed by atoms with Gasteiger partial charge in [0.05, 0.1) is 28.3 Å². The average Bonchev–Trinajstić information content (AvgIpc) is 3.22. The number of benzene rings is 2. The number of ether oxygens (including phenoxy) is 2. The van der Waals surface area contributed by atoms with Crippen LogP contribution < -0.4 is 14.8 Å². The zero-order chi connectivity index (χ0) is 20.9. The molecule has 0 radical (unpaired) electrons. The van der Waals surface area contributed by atoms with Crippen LogP contribution in [0.25, 0.3) is 0 Å². The fourth-order valence-corrected chi connectivity index (χ4v) is 4.53. The van der Waals surface area contributed by atoms with Gasteiger partial charge in [-0.3, -0.25) is 9.52 Å². The molecule has 1 saturated heterocycles. The molecule has 0 spiro atoms. The third kappa shape index (κ3) is 5.71. The Hall–Kier alpha value is -2.10. The molecule has 1 heterocycles. The smallest absolute Gasteiger partial charge is 0.261 e. The minimum Gasteiger partial charge on any atom is -0.493 e. The Morgan fingerprint density at radius 1 is 1.28 bits per heavy atom. The SMILES string of the molecule is CCOc1ccc(NS(=O)(=O)c2cccc(C(=O)NCC3CCOC3)c2)cc1Br. The summed E-state index contributed by atoms with van der Waals surface area (Å²) in [6.45, 7) is 4.23. The normalized spacial score (nSPS) is 16.4. The van der Waals surface area contributed by atoms with Crippen LogP contribution in [0.4, 0.5) is 5.69 Å². The zero-order valence-corrected chi connectivity index (χ0v) is 18.4. The first kappa shape index (κ1) is 21.6. The van der Waals surface area contributed by atoms with E-state index in [1.807, 2.05) is 6.92 Å². The van der Waals surface area contributed by atoms with E-state index in [1.165, 1.54) is 12.1 Å². The lowest BCUT2D eigenvalue weighted by atomic mass is 10.1. The predicted octanol–water partition coefficient (Wildman–Crippen LogP) is 3.41. The summed E-state index contributed by atoms with van der Waals surface area (Å²) in [6.07, 6.45) is 0.913. The molecule has 0 aromatic heterocycles. The van der Waals surface area contributed by atoms with Gasteiger partial charge in [-0.2, -0.15) is 0 Å². The second-order valence-corrected chi connectivity index (χ2v) is 9.19. The van der Waals surface area contributed by atoms with E-state index in [-0.39, 0.29) is 10.8 Å². The van der Waals surface area contributed by atoms with Crippen LogP contribution in [0.15, 0.2) is 51.8 Å². The van der Waals surface area contributed by atoms with Gasteiger partial charge in [-0.15, -0.1) is 0 Å². The highest BCUT2D eigenvalue weighted by Crippen LogP contribution is 2.29. The Labute approximate surface area is 179 Å². The number of carbonyl (C=O) groups is 1. The number of halogens is 1. The maximum atomic E-state index is 12.8. The molecule has 1 fully saturated rings. The summed E-state index contributed by atoms with van der Waals surface area (Å²) in [4.78, 5) is 12.4. The number of amides is 1. The molecule has 0 bridgehead atoms. The van der Waals surface area contributed by atoms with Crippen LogP contribution in [-0.4, -0.2) is 40.7 Å². The summed E-state index contributed by atoms with van der Waals surface area (Å²) < 4.78 is 39.4. The first-order chi connectivity index (χ1) is 13.9. The van der Waals surface area contributed by atoms with E-state index in [2.05, 4.69) is 26.0 Å². The van der Waals surface area contributed by atoms with Gasteiger partial charge in [-0.05, 0) is 65.7 Å². The molecule has 1 amide bonds. The van der Waals surface area contributed by atoms with Crippen molar-refractivity contribution in [1.82, 2.24) is 5.32 Å². The Bertz CT molecular complexity index is 975. The van der Waals surface area contributed by atoms with Gasteiger partial charge in [0.15, 0.2) is 0 Å². The number of anilines is 1. The summed E-state index contributed by atoms with van der Waals surface area (Å²) in [5.74, 6) is 0.616. The fourth-order valence-electron chi connectivity index (χ4n) is 2.94. The molecule has 2 N–H and O–H groups in total. The van der Waals surface area contributed by atoms with Gasteiger partial charge >= 0.3 is 0 Å². The number of sulfonamides is 1. The Kier molecular flexibility index (Phi) is 7.15.